The first-order valence-electron chi connectivity index (χ1n) is 9.66. The van der Waals surface area contributed by atoms with Gasteiger partial charge in [0.15, 0.2) is 0 Å². The summed E-state index contributed by atoms with van der Waals surface area (Å²) < 4.78 is 5.21. The van der Waals surface area contributed by atoms with Gasteiger partial charge in [0.1, 0.15) is 5.75 Å². The molecule has 0 aromatic heterocycles. The molecule has 4 aromatic carbocycles. The highest BCUT2D eigenvalue weighted by atomic mass is 16.5. The highest BCUT2D eigenvalue weighted by Crippen LogP contribution is 2.34. The first-order valence-corrected chi connectivity index (χ1v) is 9.66. The van der Waals surface area contributed by atoms with E-state index in [4.69, 9.17) is 4.74 Å². The van der Waals surface area contributed by atoms with Crippen LogP contribution in [0.15, 0.2) is 109 Å². The number of hydrogen-bond acceptors (Lipinski definition) is 2. The van der Waals surface area contributed by atoms with Gasteiger partial charge in [-0.25, -0.2) is 0 Å². The van der Waals surface area contributed by atoms with Crippen molar-refractivity contribution in [2.45, 2.75) is 0 Å². The molecule has 0 fully saturated rings. The minimum Gasteiger partial charge on any atom is -0.497 e. The standard InChI is InChI=1S/C27H23NO/c1-29-27-20-16-23(17-21-27)13-12-22-14-18-26(19-15-22)28(24-8-4-2-5-9-24)25-10-6-3-7-11-25/h2-21H,1H3. The minimum absolute atomic E-state index is 0.869. The van der Waals surface area contributed by atoms with Crippen LogP contribution in [0.2, 0.25) is 0 Å². The molecule has 0 bridgehead atoms. The van der Waals surface area contributed by atoms with E-state index >= 15 is 0 Å². The highest BCUT2D eigenvalue weighted by Gasteiger charge is 2.11. The number of methoxy groups -OCH3 is 1. The van der Waals surface area contributed by atoms with Gasteiger partial charge in [0, 0.05) is 17.1 Å². The van der Waals surface area contributed by atoms with E-state index < -0.39 is 0 Å². The van der Waals surface area contributed by atoms with Crippen molar-refractivity contribution in [3.63, 3.8) is 0 Å². The summed E-state index contributed by atoms with van der Waals surface area (Å²) in [6, 6.07) is 37.5. The summed E-state index contributed by atoms with van der Waals surface area (Å²) >= 11 is 0. The molecule has 2 nitrogen and oxygen atoms in total. The molecule has 0 amide bonds. The van der Waals surface area contributed by atoms with Crippen LogP contribution in [0.1, 0.15) is 11.1 Å². The fourth-order valence-electron chi connectivity index (χ4n) is 3.24. The zero-order valence-corrected chi connectivity index (χ0v) is 16.4. The molecule has 142 valence electrons. The van der Waals surface area contributed by atoms with Crippen LogP contribution in [-0.4, -0.2) is 7.11 Å². The van der Waals surface area contributed by atoms with Gasteiger partial charge in [0.25, 0.3) is 0 Å². The fraction of sp³-hybridized carbons (Fsp3) is 0.0370. The van der Waals surface area contributed by atoms with Crippen LogP contribution >= 0.6 is 0 Å². The van der Waals surface area contributed by atoms with Crippen molar-refractivity contribution >= 4 is 29.2 Å². The molecule has 0 aliphatic rings. The molecule has 0 spiro atoms. The van der Waals surface area contributed by atoms with Crippen LogP contribution in [0.5, 0.6) is 5.75 Å². The monoisotopic (exact) mass is 377 g/mol. The Kier molecular flexibility index (Phi) is 5.73. The Labute approximate surface area is 172 Å². The van der Waals surface area contributed by atoms with Crippen LogP contribution in [0, 0.1) is 0 Å². The number of para-hydroxylation sites is 2. The summed E-state index contributed by atoms with van der Waals surface area (Å²) in [7, 11) is 1.68. The van der Waals surface area contributed by atoms with Crippen molar-refractivity contribution in [3.8, 4) is 5.75 Å². The normalized spacial score (nSPS) is 10.8. The number of rotatable bonds is 6. The number of nitrogens with zero attached hydrogens (tertiary/aromatic N) is 1. The molecular formula is C27H23NO. The zero-order valence-electron chi connectivity index (χ0n) is 16.4. The number of benzene rings is 4. The van der Waals surface area contributed by atoms with E-state index in [9.17, 15) is 0 Å². The molecule has 0 atom stereocenters. The molecule has 0 heterocycles. The lowest BCUT2D eigenvalue weighted by Crippen LogP contribution is -2.09. The molecular weight excluding hydrogens is 354 g/mol. The molecule has 0 saturated heterocycles. The van der Waals surface area contributed by atoms with Crippen molar-refractivity contribution < 1.29 is 4.74 Å². The lowest BCUT2D eigenvalue weighted by Gasteiger charge is -2.25. The largest absolute Gasteiger partial charge is 0.497 e. The Morgan fingerprint density at radius 3 is 1.38 bits per heavy atom. The topological polar surface area (TPSA) is 12.5 Å². The van der Waals surface area contributed by atoms with Gasteiger partial charge in [-0.05, 0) is 59.7 Å². The maximum absolute atomic E-state index is 5.21. The van der Waals surface area contributed by atoms with Gasteiger partial charge in [-0.15, -0.1) is 0 Å². The first-order chi connectivity index (χ1) is 14.3. The van der Waals surface area contributed by atoms with E-state index in [1.807, 2.05) is 24.3 Å². The summed E-state index contributed by atoms with van der Waals surface area (Å²) in [6.45, 7) is 0. The van der Waals surface area contributed by atoms with Gasteiger partial charge < -0.3 is 9.64 Å². The molecule has 2 heteroatoms. The Hall–Kier alpha value is -3.78. The molecule has 0 saturated carbocycles. The van der Waals surface area contributed by atoms with E-state index in [2.05, 4.69) is 102 Å². The van der Waals surface area contributed by atoms with E-state index in [1.54, 1.807) is 7.11 Å². The highest BCUT2D eigenvalue weighted by molar-refractivity contribution is 5.78. The second kappa shape index (κ2) is 8.94. The maximum Gasteiger partial charge on any atom is 0.118 e. The summed E-state index contributed by atoms with van der Waals surface area (Å²) in [4.78, 5) is 2.26. The average molecular weight is 377 g/mol. The molecule has 0 radical (unpaired) electrons. The van der Waals surface area contributed by atoms with E-state index in [-0.39, 0.29) is 0 Å². The summed E-state index contributed by atoms with van der Waals surface area (Å²) in [5.41, 5.74) is 5.71. The molecule has 29 heavy (non-hydrogen) atoms. The Bertz CT molecular complexity index is 1010. The van der Waals surface area contributed by atoms with Gasteiger partial charge in [0.05, 0.1) is 7.11 Å². The zero-order chi connectivity index (χ0) is 19.9. The van der Waals surface area contributed by atoms with E-state index in [0.29, 0.717) is 0 Å². The van der Waals surface area contributed by atoms with E-state index in [1.165, 1.54) is 0 Å². The summed E-state index contributed by atoms with van der Waals surface area (Å²) in [5.74, 6) is 0.869. The number of hydrogen-bond donors (Lipinski definition) is 0. The number of anilines is 3. The van der Waals surface area contributed by atoms with Crippen LogP contribution in [0.25, 0.3) is 12.2 Å². The molecule has 0 aliphatic carbocycles. The molecule has 0 aliphatic heterocycles. The first kappa shape index (κ1) is 18.6. The second-order valence-corrected chi connectivity index (χ2v) is 6.70. The third kappa shape index (κ3) is 4.56. The van der Waals surface area contributed by atoms with Crippen LogP contribution in [0.3, 0.4) is 0 Å². The average Bonchev–Trinajstić information content (AvgIpc) is 2.80. The molecule has 4 aromatic rings. The third-order valence-electron chi connectivity index (χ3n) is 4.76. The van der Waals surface area contributed by atoms with Crippen LogP contribution in [0.4, 0.5) is 17.1 Å². The smallest absolute Gasteiger partial charge is 0.118 e. The van der Waals surface area contributed by atoms with Crippen LogP contribution in [-0.2, 0) is 0 Å². The lowest BCUT2D eigenvalue weighted by molar-refractivity contribution is 0.415. The van der Waals surface area contributed by atoms with E-state index in [0.717, 1.165) is 33.9 Å². The van der Waals surface area contributed by atoms with Gasteiger partial charge in [-0.2, -0.15) is 0 Å². The predicted molar refractivity (Wildman–Crippen MR) is 123 cm³/mol. The second-order valence-electron chi connectivity index (χ2n) is 6.70. The lowest BCUT2D eigenvalue weighted by atomic mass is 10.1. The molecule has 0 unspecified atom stereocenters. The molecule has 4 rings (SSSR count). The van der Waals surface area contributed by atoms with Crippen LogP contribution < -0.4 is 9.64 Å². The van der Waals surface area contributed by atoms with Crippen molar-refractivity contribution in [2.24, 2.45) is 0 Å². The molecule has 0 N–H and O–H groups in total. The summed E-state index contributed by atoms with van der Waals surface area (Å²) in [5, 5.41) is 0. The minimum atomic E-state index is 0.869. The SMILES string of the molecule is COc1ccc(C=Cc2ccc(N(c3ccccc3)c3ccccc3)cc2)cc1. The fourth-order valence-corrected chi connectivity index (χ4v) is 3.24. The Balaban J connectivity index is 1.59. The van der Waals surface area contributed by atoms with Gasteiger partial charge >= 0.3 is 0 Å². The van der Waals surface area contributed by atoms with Gasteiger partial charge in [-0.3, -0.25) is 0 Å². The Morgan fingerprint density at radius 2 is 0.931 bits per heavy atom. The van der Waals surface area contributed by atoms with Gasteiger partial charge in [0.2, 0.25) is 0 Å². The van der Waals surface area contributed by atoms with Crippen molar-refractivity contribution in [3.05, 3.63) is 120 Å². The Morgan fingerprint density at radius 1 is 0.517 bits per heavy atom. The van der Waals surface area contributed by atoms with Crippen molar-refractivity contribution in [2.75, 3.05) is 12.0 Å². The predicted octanol–water partition coefficient (Wildman–Crippen LogP) is 7.34. The van der Waals surface area contributed by atoms with Crippen molar-refractivity contribution in [1.29, 1.82) is 0 Å². The quantitative estimate of drug-likeness (QED) is 0.326. The summed E-state index contributed by atoms with van der Waals surface area (Å²) in [6.07, 6.45) is 4.24. The number of ether oxygens (including phenoxy) is 1. The third-order valence-corrected chi connectivity index (χ3v) is 4.76. The maximum atomic E-state index is 5.21. The van der Waals surface area contributed by atoms with Gasteiger partial charge in [-0.1, -0.05) is 72.8 Å². The van der Waals surface area contributed by atoms with Crippen molar-refractivity contribution in [1.82, 2.24) is 0 Å².